The van der Waals surface area contributed by atoms with Crippen molar-refractivity contribution in [2.24, 2.45) is 10.8 Å². The second kappa shape index (κ2) is 6.66. The molecule has 0 rings (SSSR count). The highest BCUT2D eigenvalue weighted by Gasteiger charge is 2.44. The number of ether oxygens (including phenoxy) is 1. The van der Waals surface area contributed by atoms with Crippen LogP contribution in [-0.2, 0) is 14.3 Å². The lowest BCUT2D eigenvalue weighted by Crippen LogP contribution is -2.40. The van der Waals surface area contributed by atoms with Crippen molar-refractivity contribution in [3.05, 3.63) is 0 Å². The molecule has 0 aromatic heterocycles. The predicted molar refractivity (Wildman–Crippen MR) is 70.9 cm³/mol. The number of rotatable bonds is 8. The molecule has 0 aliphatic heterocycles. The lowest BCUT2D eigenvalue weighted by atomic mass is 9.72. The van der Waals surface area contributed by atoms with Gasteiger partial charge in [-0.1, -0.05) is 6.92 Å². The molecular weight excluding hydrogens is 289 g/mol. The van der Waals surface area contributed by atoms with Crippen LogP contribution >= 0.6 is 0 Å². The number of carbonyl (C=O) groups excluding carboxylic acids is 1. The summed E-state index contributed by atoms with van der Waals surface area (Å²) in [7, 11) is 0. The van der Waals surface area contributed by atoms with Crippen molar-refractivity contribution in [2.75, 3.05) is 6.61 Å². The van der Waals surface area contributed by atoms with Crippen LogP contribution in [0.2, 0.25) is 0 Å². The molecule has 0 bridgehead atoms. The Morgan fingerprint density at radius 2 is 1.71 bits per heavy atom. The smallest absolute Gasteiger partial charge is 0.311 e. The quantitative estimate of drug-likeness (QED) is 0.697. The van der Waals surface area contributed by atoms with Crippen molar-refractivity contribution in [3.63, 3.8) is 0 Å². The van der Waals surface area contributed by atoms with Gasteiger partial charge >= 0.3 is 17.9 Å². The molecule has 0 fully saturated rings. The minimum atomic E-state index is -3.76. The van der Waals surface area contributed by atoms with Gasteiger partial charge in [0.2, 0.25) is 0 Å². The molecule has 0 aliphatic carbocycles. The number of hydrogen-bond acceptors (Lipinski definition) is 3. The fourth-order valence-corrected chi connectivity index (χ4v) is 1.87. The molecule has 7 heteroatoms. The van der Waals surface area contributed by atoms with E-state index in [2.05, 4.69) is 4.74 Å². The fourth-order valence-electron chi connectivity index (χ4n) is 1.87. The molecule has 0 aliphatic rings. The summed E-state index contributed by atoms with van der Waals surface area (Å²) in [5, 5.41) is 9.19. The van der Waals surface area contributed by atoms with Gasteiger partial charge in [0.15, 0.2) is 12.8 Å². The van der Waals surface area contributed by atoms with E-state index in [0.717, 1.165) is 0 Å². The number of carboxylic acids is 1. The molecule has 0 aromatic carbocycles. The van der Waals surface area contributed by atoms with Crippen LogP contribution in [0, 0.1) is 10.8 Å². The molecule has 1 N–H and O–H groups in total. The van der Waals surface area contributed by atoms with E-state index in [9.17, 15) is 27.9 Å². The number of hydrogen-bond donors (Lipinski definition) is 1. The second-order valence-electron chi connectivity index (χ2n) is 6.23. The van der Waals surface area contributed by atoms with Crippen molar-refractivity contribution in [1.29, 1.82) is 0 Å². The highest BCUT2D eigenvalue weighted by molar-refractivity contribution is 5.79. The molecule has 4 nitrogen and oxygen atoms in total. The molecule has 2 unspecified atom stereocenters. The first-order valence-electron chi connectivity index (χ1n) is 6.71. The largest absolute Gasteiger partial charge is 0.481 e. The van der Waals surface area contributed by atoms with Crippen molar-refractivity contribution in [2.45, 2.75) is 59.6 Å². The third-order valence-corrected chi connectivity index (χ3v) is 3.66. The Morgan fingerprint density at radius 3 is 2.05 bits per heavy atom. The Labute approximate surface area is 122 Å². The summed E-state index contributed by atoms with van der Waals surface area (Å²) in [5.41, 5.74) is -2.43. The third-order valence-electron chi connectivity index (χ3n) is 3.66. The maximum atomic E-state index is 13.1. The number of carboxylic acid groups (broad SMARTS) is 1. The molecule has 0 saturated heterocycles. The zero-order chi connectivity index (χ0) is 17.1. The number of carbonyl (C=O) groups is 2. The van der Waals surface area contributed by atoms with Gasteiger partial charge in [0.25, 0.3) is 0 Å². The highest BCUT2D eigenvalue weighted by atomic mass is 19.3. The first-order valence-corrected chi connectivity index (χ1v) is 6.71. The maximum Gasteiger partial charge on any atom is 0.311 e. The van der Waals surface area contributed by atoms with E-state index < -0.39 is 41.5 Å². The molecular formula is C14H23F3O4. The van der Waals surface area contributed by atoms with Gasteiger partial charge in [0, 0.05) is 0 Å². The van der Waals surface area contributed by atoms with Gasteiger partial charge in [0.1, 0.15) is 0 Å². The summed E-state index contributed by atoms with van der Waals surface area (Å²) in [6, 6.07) is 0. The van der Waals surface area contributed by atoms with Gasteiger partial charge in [-0.05, 0) is 40.5 Å². The van der Waals surface area contributed by atoms with E-state index in [1.165, 1.54) is 20.8 Å². The predicted octanol–water partition coefficient (Wildman–Crippen LogP) is 3.44. The Bertz CT molecular complexity index is 394. The molecule has 2 atom stereocenters. The standard InChI is InChI=1S/C14H23F3O4/c1-6-13(5,10(18)19)7-12(3,4)11(20)21-8-14(16,17)9(2)15/h9H,6-8H2,1-5H3,(H,18,19). The van der Waals surface area contributed by atoms with Crippen LogP contribution in [0.4, 0.5) is 13.2 Å². The van der Waals surface area contributed by atoms with Crippen molar-refractivity contribution >= 4 is 11.9 Å². The number of alkyl halides is 3. The van der Waals surface area contributed by atoms with Crippen molar-refractivity contribution < 1.29 is 32.6 Å². The summed E-state index contributed by atoms with van der Waals surface area (Å²) in [6.07, 6.45) is -2.23. The van der Waals surface area contributed by atoms with E-state index in [4.69, 9.17) is 0 Å². The Morgan fingerprint density at radius 1 is 1.24 bits per heavy atom. The Kier molecular flexibility index (Phi) is 6.26. The van der Waals surface area contributed by atoms with E-state index in [1.54, 1.807) is 6.92 Å². The topological polar surface area (TPSA) is 63.6 Å². The van der Waals surface area contributed by atoms with Crippen LogP contribution < -0.4 is 0 Å². The minimum absolute atomic E-state index is 0.0680. The van der Waals surface area contributed by atoms with Gasteiger partial charge in [-0.3, -0.25) is 9.59 Å². The average molecular weight is 312 g/mol. The third kappa shape index (κ3) is 5.21. The normalized spacial score (nSPS) is 17.0. The van der Waals surface area contributed by atoms with Gasteiger partial charge in [-0.2, -0.15) is 8.78 Å². The lowest BCUT2D eigenvalue weighted by molar-refractivity contribution is -0.174. The lowest BCUT2D eigenvalue weighted by Gasteiger charge is -2.32. The van der Waals surface area contributed by atoms with Crippen LogP contribution in [0.1, 0.15) is 47.5 Å². The maximum absolute atomic E-state index is 13.1. The van der Waals surface area contributed by atoms with Crippen LogP contribution in [0.3, 0.4) is 0 Å². The van der Waals surface area contributed by atoms with Gasteiger partial charge in [0.05, 0.1) is 10.8 Å². The fraction of sp³-hybridized carbons (Fsp3) is 0.857. The van der Waals surface area contributed by atoms with E-state index >= 15 is 0 Å². The molecule has 0 aromatic rings. The highest BCUT2D eigenvalue weighted by Crippen LogP contribution is 2.38. The van der Waals surface area contributed by atoms with E-state index in [1.807, 2.05) is 0 Å². The summed E-state index contributed by atoms with van der Waals surface area (Å²) in [4.78, 5) is 23.1. The van der Waals surface area contributed by atoms with Crippen LogP contribution in [-0.4, -0.2) is 35.7 Å². The van der Waals surface area contributed by atoms with E-state index in [-0.39, 0.29) is 12.8 Å². The molecule has 21 heavy (non-hydrogen) atoms. The van der Waals surface area contributed by atoms with Crippen LogP contribution in [0.5, 0.6) is 0 Å². The minimum Gasteiger partial charge on any atom is -0.481 e. The Hall–Kier alpha value is -1.27. The van der Waals surface area contributed by atoms with Crippen LogP contribution in [0.25, 0.3) is 0 Å². The first kappa shape index (κ1) is 19.7. The second-order valence-corrected chi connectivity index (χ2v) is 6.23. The molecule has 0 heterocycles. The first-order chi connectivity index (χ1) is 9.28. The monoisotopic (exact) mass is 312 g/mol. The van der Waals surface area contributed by atoms with Gasteiger partial charge in [-0.25, -0.2) is 4.39 Å². The summed E-state index contributed by atoms with van der Waals surface area (Å²) in [5.74, 6) is -5.80. The number of esters is 1. The molecule has 0 amide bonds. The van der Waals surface area contributed by atoms with Crippen molar-refractivity contribution in [1.82, 2.24) is 0 Å². The zero-order valence-corrected chi connectivity index (χ0v) is 13.0. The zero-order valence-electron chi connectivity index (χ0n) is 13.0. The summed E-state index contributed by atoms with van der Waals surface area (Å²) >= 11 is 0. The number of halogens is 3. The molecule has 0 saturated carbocycles. The summed E-state index contributed by atoms with van der Waals surface area (Å²) < 4.78 is 43.3. The molecule has 0 radical (unpaired) electrons. The van der Waals surface area contributed by atoms with Crippen molar-refractivity contribution in [3.8, 4) is 0 Å². The van der Waals surface area contributed by atoms with Crippen LogP contribution in [0.15, 0.2) is 0 Å². The van der Waals surface area contributed by atoms with Gasteiger partial charge < -0.3 is 9.84 Å². The van der Waals surface area contributed by atoms with E-state index in [0.29, 0.717) is 6.92 Å². The SMILES string of the molecule is CCC(C)(CC(C)(C)C(=O)OCC(F)(F)C(C)F)C(=O)O. The van der Waals surface area contributed by atoms with Gasteiger partial charge in [-0.15, -0.1) is 0 Å². The summed E-state index contributed by atoms with van der Waals surface area (Å²) in [6.45, 7) is 5.30. The number of aliphatic carboxylic acids is 1. The average Bonchev–Trinajstić information content (AvgIpc) is 2.34. The Balaban J connectivity index is 4.86. The molecule has 124 valence electrons. The molecule has 0 spiro atoms.